The first-order chi connectivity index (χ1) is 13.4. The lowest BCUT2D eigenvalue weighted by atomic mass is 10.1. The molecule has 2 heterocycles. The minimum atomic E-state index is -0.548. The zero-order valence-corrected chi connectivity index (χ0v) is 16.3. The fraction of sp³-hybridized carbons (Fsp3) is 0.286. The van der Waals surface area contributed by atoms with E-state index in [2.05, 4.69) is 9.98 Å². The summed E-state index contributed by atoms with van der Waals surface area (Å²) in [4.78, 5) is 31.8. The fourth-order valence-corrected chi connectivity index (χ4v) is 2.96. The third kappa shape index (κ3) is 3.83. The van der Waals surface area contributed by atoms with E-state index in [1.54, 1.807) is 51.1 Å². The van der Waals surface area contributed by atoms with Gasteiger partial charge in [0.05, 0.1) is 18.8 Å². The molecule has 3 rings (SSSR count). The molecule has 7 nitrogen and oxygen atoms in total. The molecule has 0 saturated heterocycles. The van der Waals surface area contributed by atoms with Crippen molar-refractivity contribution in [3.05, 3.63) is 58.0 Å². The number of aromatic amines is 1. The number of nitrogens with one attached hydrogen (secondary N) is 1. The van der Waals surface area contributed by atoms with Crippen molar-refractivity contribution in [2.24, 2.45) is 4.99 Å². The highest BCUT2D eigenvalue weighted by atomic mass is 16.6. The molecule has 0 unspecified atom stereocenters. The predicted octanol–water partition coefficient (Wildman–Crippen LogP) is 3.55. The van der Waals surface area contributed by atoms with Crippen molar-refractivity contribution in [1.82, 2.24) is 4.98 Å². The van der Waals surface area contributed by atoms with Crippen LogP contribution in [0.1, 0.15) is 46.7 Å². The van der Waals surface area contributed by atoms with Gasteiger partial charge in [-0.25, -0.2) is 14.6 Å². The van der Waals surface area contributed by atoms with Gasteiger partial charge in [0.15, 0.2) is 5.70 Å². The summed E-state index contributed by atoms with van der Waals surface area (Å²) < 4.78 is 15.8. The summed E-state index contributed by atoms with van der Waals surface area (Å²) in [6.07, 6.45) is 1.58. The van der Waals surface area contributed by atoms with E-state index in [4.69, 9.17) is 14.2 Å². The molecule has 28 heavy (non-hydrogen) atoms. The Bertz CT molecular complexity index is 967. The number of hydrogen-bond donors (Lipinski definition) is 1. The lowest BCUT2D eigenvalue weighted by molar-refractivity contribution is -0.129. The third-order valence-electron chi connectivity index (χ3n) is 4.27. The summed E-state index contributed by atoms with van der Waals surface area (Å²) in [5.41, 5.74) is 3.28. The van der Waals surface area contributed by atoms with Crippen LogP contribution in [0.5, 0.6) is 5.75 Å². The minimum absolute atomic E-state index is 0.156. The Balaban J connectivity index is 1.89. The molecule has 0 amide bonds. The molecule has 0 spiro atoms. The third-order valence-corrected chi connectivity index (χ3v) is 4.27. The Labute approximate surface area is 163 Å². The summed E-state index contributed by atoms with van der Waals surface area (Å²) in [6, 6.07) is 7.15. The summed E-state index contributed by atoms with van der Waals surface area (Å²) in [7, 11) is 0. The van der Waals surface area contributed by atoms with Gasteiger partial charge in [0.2, 0.25) is 5.90 Å². The number of carbonyl (C=O) groups is 2. The van der Waals surface area contributed by atoms with E-state index >= 15 is 0 Å². The standard InChI is InChI=1S/C21H22N2O5/c1-5-26-15-9-7-14(8-10-15)19-23-17(20(24)28-19)11-16-12(3)18(13(4)22-16)21(25)27-6-2/h7-11,22H,5-6H2,1-4H3/b17-11-. The Morgan fingerprint density at radius 1 is 1.18 bits per heavy atom. The summed E-state index contributed by atoms with van der Waals surface area (Å²) >= 11 is 0. The molecule has 1 aliphatic rings. The second-order valence-corrected chi connectivity index (χ2v) is 6.18. The Kier molecular flexibility index (Phi) is 5.63. The van der Waals surface area contributed by atoms with Gasteiger partial charge < -0.3 is 19.2 Å². The van der Waals surface area contributed by atoms with Crippen LogP contribution in [0.4, 0.5) is 0 Å². The molecule has 146 valence electrons. The van der Waals surface area contributed by atoms with Crippen LogP contribution < -0.4 is 4.74 Å². The van der Waals surface area contributed by atoms with E-state index in [0.717, 1.165) is 5.75 Å². The molecule has 0 radical (unpaired) electrons. The van der Waals surface area contributed by atoms with Gasteiger partial charge in [-0.1, -0.05) is 0 Å². The summed E-state index contributed by atoms with van der Waals surface area (Å²) in [6.45, 7) is 8.10. The number of rotatable bonds is 6. The van der Waals surface area contributed by atoms with E-state index in [-0.39, 0.29) is 11.6 Å². The average Bonchev–Trinajstić information content (AvgIpc) is 3.16. The van der Waals surface area contributed by atoms with Crippen LogP contribution in [0.3, 0.4) is 0 Å². The van der Waals surface area contributed by atoms with E-state index in [0.29, 0.717) is 41.3 Å². The molecule has 0 bridgehead atoms. The van der Waals surface area contributed by atoms with Crippen molar-refractivity contribution in [3.8, 4) is 5.75 Å². The van der Waals surface area contributed by atoms with Gasteiger partial charge in [-0.2, -0.15) is 0 Å². The first-order valence-corrected chi connectivity index (χ1v) is 9.06. The first kappa shape index (κ1) is 19.4. The highest BCUT2D eigenvalue weighted by Crippen LogP contribution is 2.25. The molecule has 0 aliphatic carbocycles. The minimum Gasteiger partial charge on any atom is -0.494 e. The largest absolute Gasteiger partial charge is 0.494 e. The zero-order chi connectivity index (χ0) is 20.3. The lowest BCUT2D eigenvalue weighted by Crippen LogP contribution is -2.06. The smallest absolute Gasteiger partial charge is 0.363 e. The number of ether oxygens (including phenoxy) is 3. The molecule has 7 heteroatoms. The molecular weight excluding hydrogens is 360 g/mol. The number of aliphatic imine (C=N–C) groups is 1. The Morgan fingerprint density at radius 2 is 1.89 bits per heavy atom. The van der Waals surface area contributed by atoms with Crippen molar-refractivity contribution in [1.29, 1.82) is 0 Å². The molecular formula is C21H22N2O5. The van der Waals surface area contributed by atoms with Crippen LogP contribution in [-0.2, 0) is 14.3 Å². The quantitative estimate of drug-likeness (QED) is 0.609. The van der Waals surface area contributed by atoms with Gasteiger partial charge >= 0.3 is 11.9 Å². The van der Waals surface area contributed by atoms with Crippen molar-refractivity contribution in [3.63, 3.8) is 0 Å². The number of esters is 2. The lowest BCUT2D eigenvalue weighted by Gasteiger charge is -2.03. The number of nitrogens with zero attached hydrogens (tertiary/aromatic N) is 1. The average molecular weight is 382 g/mol. The van der Waals surface area contributed by atoms with Crippen LogP contribution in [0.25, 0.3) is 6.08 Å². The first-order valence-electron chi connectivity index (χ1n) is 9.06. The van der Waals surface area contributed by atoms with E-state index < -0.39 is 11.9 Å². The Hall–Kier alpha value is -3.35. The van der Waals surface area contributed by atoms with Crippen molar-refractivity contribution < 1.29 is 23.8 Å². The van der Waals surface area contributed by atoms with Crippen LogP contribution in [-0.4, -0.2) is 36.0 Å². The van der Waals surface area contributed by atoms with Crippen molar-refractivity contribution in [2.45, 2.75) is 27.7 Å². The van der Waals surface area contributed by atoms with E-state index in [1.165, 1.54) is 0 Å². The Morgan fingerprint density at radius 3 is 2.54 bits per heavy atom. The molecule has 1 N–H and O–H groups in total. The normalized spacial score (nSPS) is 14.8. The van der Waals surface area contributed by atoms with Gasteiger partial charge in [-0.05, 0) is 63.6 Å². The highest BCUT2D eigenvalue weighted by molar-refractivity contribution is 6.13. The number of H-pyrrole nitrogens is 1. The van der Waals surface area contributed by atoms with E-state index in [1.807, 2.05) is 6.92 Å². The fourth-order valence-electron chi connectivity index (χ4n) is 2.96. The maximum atomic E-state index is 12.2. The van der Waals surface area contributed by atoms with Crippen LogP contribution >= 0.6 is 0 Å². The summed E-state index contributed by atoms with van der Waals surface area (Å²) in [5, 5.41) is 0. The molecule has 2 aromatic rings. The van der Waals surface area contributed by atoms with Crippen LogP contribution in [0.2, 0.25) is 0 Å². The van der Waals surface area contributed by atoms with Crippen molar-refractivity contribution in [2.75, 3.05) is 13.2 Å². The number of carbonyl (C=O) groups excluding carboxylic acids is 2. The maximum Gasteiger partial charge on any atom is 0.363 e. The van der Waals surface area contributed by atoms with Crippen molar-refractivity contribution >= 4 is 23.9 Å². The number of aromatic nitrogens is 1. The van der Waals surface area contributed by atoms with Crippen LogP contribution in [0.15, 0.2) is 35.0 Å². The van der Waals surface area contributed by atoms with E-state index in [9.17, 15) is 9.59 Å². The number of cyclic esters (lactones) is 1. The second-order valence-electron chi connectivity index (χ2n) is 6.18. The predicted molar refractivity (Wildman–Crippen MR) is 104 cm³/mol. The molecule has 0 saturated carbocycles. The van der Waals surface area contributed by atoms with Gasteiger partial charge in [-0.15, -0.1) is 0 Å². The monoisotopic (exact) mass is 382 g/mol. The SMILES string of the molecule is CCOC(=O)c1c(C)[nH]c(/C=C2\N=C(c3ccc(OCC)cc3)OC2=O)c1C. The molecule has 1 aromatic carbocycles. The number of aryl methyl sites for hydroxylation is 1. The second kappa shape index (κ2) is 8.12. The van der Waals surface area contributed by atoms with Gasteiger partial charge in [0.1, 0.15) is 5.75 Å². The number of hydrogen-bond acceptors (Lipinski definition) is 6. The highest BCUT2D eigenvalue weighted by Gasteiger charge is 2.26. The molecule has 0 fully saturated rings. The van der Waals surface area contributed by atoms with Crippen LogP contribution in [0, 0.1) is 13.8 Å². The zero-order valence-electron chi connectivity index (χ0n) is 16.3. The summed E-state index contributed by atoms with van der Waals surface area (Å²) in [5.74, 6) is 0.0148. The number of benzene rings is 1. The topological polar surface area (TPSA) is 90.0 Å². The molecule has 1 aromatic heterocycles. The molecule has 0 atom stereocenters. The van der Waals surface area contributed by atoms with Gasteiger partial charge in [0, 0.05) is 17.0 Å². The molecule has 1 aliphatic heterocycles. The van der Waals surface area contributed by atoms with Gasteiger partial charge in [0.25, 0.3) is 0 Å². The maximum absolute atomic E-state index is 12.2. The van der Waals surface area contributed by atoms with Gasteiger partial charge in [-0.3, -0.25) is 0 Å².